The summed E-state index contributed by atoms with van der Waals surface area (Å²) in [4.78, 5) is 9.56. The maximum atomic E-state index is 4.20. The van der Waals surface area contributed by atoms with Crippen LogP contribution in [0.5, 0.6) is 0 Å². The Balaban J connectivity index is 1.91. The van der Waals surface area contributed by atoms with Crippen LogP contribution in [0.1, 0.15) is 29.4 Å². The van der Waals surface area contributed by atoms with Gasteiger partial charge in [0.05, 0.1) is 17.2 Å². The van der Waals surface area contributed by atoms with Crippen LogP contribution in [0.25, 0.3) is 0 Å². The van der Waals surface area contributed by atoms with Gasteiger partial charge in [-0.3, -0.25) is 5.10 Å². The minimum atomic E-state index is 0.175. The zero-order valence-electron chi connectivity index (χ0n) is 8.69. The van der Waals surface area contributed by atoms with Gasteiger partial charge in [0.25, 0.3) is 0 Å². The minimum Gasteiger partial charge on any atom is -0.303 e. The predicted molar refractivity (Wildman–Crippen MR) is 58.5 cm³/mol. The molecule has 1 unspecified atom stereocenters. The van der Waals surface area contributed by atoms with Crippen LogP contribution < -0.4 is 5.32 Å². The van der Waals surface area contributed by atoms with E-state index in [4.69, 9.17) is 0 Å². The first-order chi connectivity index (χ1) is 7.27. The van der Waals surface area contributed by atoms with Gasteiger partial charge in [0.1, 0.15) is 12.2 Å². The highest BCUT2D eigenvalue weighted by molar-refractivity contribution is 7.09. The zero-order valence-corrected chi connectivity index (χ0v) is 9.51. The van der Waals surface area contributed by atoms with Crippen LogP contribution in [0.4, 0.5) is 0 Å². The molecule has 80 valence electrons. The molecule has 0 spiro atoms. The summed E-state index contributed by atoms with van der Waals surface area (Å²) in [5.41, 5.74) is 2.96. The second-order valence-corrected chi connectivity index (χ2v) is 4.27. The van der Waals surface area contributed by atoms with Crippen molar-refractivity contribution in [2.75, 3.05) is 0 Å². The van der Waals surface area contributed by atoms with Crippen LogP contribution in [0.2, 0.25) is 0 Å². The van der Waals surface area contributed by atoms with E-state index in [9.17, 15) is 0 Å². The molecule has 2 N–H and O–H groups in total. The molecule has 6 heteroatoms. The quantitative estimate of drug-likeness (QED) is 0.822. The number of H-pyrrole nitrogens is 1. The van der Waals surface area contributed by atoms with Crippen molar-refractivity contribution >= 4 is 11.3 Å². The third-order valence-electron chi connectivity index (χ3n) is 2.26. The summed E-state index contributed by atoms with van der Waals surface area (Å²) >= 11 is 1.67. The van der Waals surface area contributed by atoms with E-state index < -0.39 is 0 Å². The lowest BCUT2D eigenvalue weighted by molar-refractivity contribution is 0.550. The first kappa shape index (κ1) is 10.3. The van der Waals surface area contributed by atoms with Crippen molar-refractivity contribution in [2.24, 2.45) is 0 Å². The van der Waals surface area contributed by atoms with E-state index in [1.165, 1.54) is 11.2 Å². The van der Waals surface area contributed by atoms with Crippen molar-refractivity contribution in [3.63, 3.8) is 0 Å². The van der Waals surface area contributed by atoms with Gasteiger partial charge in [0.15, 0.2) is 0 Å². The van der Waals surface area contributed by atoms with Crippen molar-refractivity contribution in [3.05, 3.63) is 28.2 Å². The summed E-state index contributed by atoms with van der Waals surface area (Å²) in [6, 6.07) is 0.175. The smallest absolute Gasteiger partial charge is 0.141 e. The Labute approximate surface area is 92.0 Å². The van der Waals surface area contributed by atoms with Crippen LogP contribution in [-0.4, -0.2) is 20.2 Å². The maximum Gasteiger partial charge on any atom is 0.141 e. The molecule has 2 aromatic rings. The first-order valence-corrected chi connectivity index (χ1v) is 5.63. The molecular weight excluding hydrogens is 210 g/mol. The molecule has 2 rings (SSSR count). The molecule has 0 fully saturated rings. The van der Waals surface area contributed by atoms with E-state index in [1.54, 1.807) is 11.3 Å². The molecule has 0 bridgehead atoms. The molecule has 15 heavy (non-hydrogen) atoms. The summed E-state index contributed by atoms with van der Waals surface area (Å²) in [5, 5.41) is 10.0. The summed E-state index contributed by atoms with van der Waals surface area (Å²) in [6.07, 6.45) is 1.52. The van der Waals surface area contributed by atoms with Gasteiger partial charge < -0.3 is 5.32 Å². The molecule has 2 heterocycles. The van der Waals surface area contributed by atoms with Gasteiger partial charge in [-0.2, -0.15) is 5.10 Å². The van der Waals surface area contributed by atoms with Gasteiger partial charge in [-0.15, -0.1) is 11.3 Å². The van der Waals surface area contributed by atoms with E-state index in [2.05, 4.69) is 32.4 Å². The van der Waals surface area contributed by atoms with Crippen LogP contribution in [0, 0.1) is 6.92 Å². The minimum absolute atomic E-state index is 0.175. The number of aromatic amines is 1. The lowest BCUT2D eigenvalue weighted by atomic mass is 10.3. The first-order valence-electron chi connectivity index (χ1n) is 4.75. The summed E-state index contributed by atoms with van der Waals surface area (Å²) < 4.78 is 0. The van der Waals surface area contributed by atoms with E-state index in [0.29, 0.717) is 0 Å². The molecule has 2 aromatic heterocycles. The second kappa shape index (κ2) is 4.50. The second-order valence-electron chi connectivity index (χ2n) is 3.33. The van der Waals surface area contributed by atoms with E-state index in [0.717, 1.165) is 18.1 Å². The monoisotopic (exact) mass is 223 g/mol. The molecule has 1 atom stereocenters. The molecule has 5 nitrogen and oxygen atoms in total. The standard InChI is InChI=1S/C9H13N5S/c1-6-8(15-5-12-6)3-10-7(2)9-11-4-13-14-9/h4-5,7,10H,3H2,1-2H3,(H,11,13,14). The van der Waals surface area contributed by atoms with Crippen molar-refractivity contribution < 1.29 is 0 Å². The van der Waals surface area contributed by atoms with Crippen LogP contribution in [0.3, 0.4) is 0 Å². The number of nitrogens with zero attached hydrogens (tertiary/aromatic N) is 3. The molecule has 0 aromatic carbocycles. The summed E-state index contributed by atoms with van der Waals surface area (Å²) in [6.45, 7) is 4.89. The van der Waals surface area contributed by atoms with Gasteiger partial charge in [0, 0.05) is 11.4 Å². The highest BCUT2D eigenvalue weighted by atomic mass is 32.1. The Hall–Kier alpha value is -1.27. The molecule has 0 amide bonds. The highest BCUT2D eigenvalue weighted by Crippen LogP contribution is 2.13. The van der Waals surface area contributed by atoms with Crippen molar-refractivity contribution in [2.45, 2.75) is 26.4 Å². The number of rotatable bonds is 4. The zero-order chi connectivity index (χ0) is 10.7. The largest absolute Gasteiger partial charge is 0.303 e. The topological polar surface area (TPSA) is 66.5 Å². The lowest BCUT2D eigenvalue weighted by Gasteiger charge is -2.09. The fraction of sp³-hybridized carbons (Fsp3) is 0.444. The van der Waals surface area contributed by atoms with Gasteiger partial charge in [-0.05, 0) is 13.8 Å². The predicted octanol–water partition coefficient (Wildman–Crippen LogP) is 1.42. The average Bonchev–Trinajstić information content (AvgIpc) is 2.85. The number of nitrogens with one attached hydrogen (secondary N) is 2. The molecule has 0 saturated carbocycles. The van der Waals surface area contributed by atoms with E-state index in [-0.39, 0.29) is 6.04 Å². The van der Waals surface area contributed by atoms with Crippen molar-refractivity contribution in [1.82, 2.24) is 25.5 Å². The Kier molecular flexibility index (Phi) is 3.08. The third-order valence-corrected chi connectivity index (χ3v) is 3.19. The van der Waals surface area contributed by atoms with Crippen molar-refractivity contribution in [1.29, 1.82) is 0 Å². The Morgan fingerprint density at radius 1 is 1.53 bits per heavy atom. The summed E-state index contributed by atoms with van der Waals surface area (Å²) in [7, 11) is 0. The van der Waals surface area contributed by atoms with Crippen LogP contribution in [-0.2, 0) is 6.54 Å². The lowest BCUT2D eigenvalue weighted by Crippen LogP contribution is -2.19. The van der Waals surface area contributed by atoms with Gasteiger partial charge in [0.2, 0.25) is 0 Å². The molecule has 0 aliphatic heterocycles. The SMILES string of the molecule is Cc1ncsc1CNC(C)c1ncn[nH]1. The average molecular weight is 223 g/mol. The summed E-state index contributed by atoms with van der Waals surface area (Å²) in [5.74, 6) is 0.858. The number of hydrogen-bond donors (Lipinski definition) is 2. The maximum absolute atomic E-state index is 4.20. The van der Waals surface area contributed by atoms with Gasteiger partial charge in [-0.1, -0.05) is 0 Å². The normalized spacial score (nSPS) is 12.9. The number of aryl methyl sites for hydroxylation is 1. The molecular formula is C9H13N5S. The van der Waals surface area contributed by atoms with E-state index in [1.807, 2.05) is 12.4 Å². The molecule has 0 aliphatic carbocycles. The van der Waals surface area contributed by atoms with E-state index >= 15 is 0 Å². The van der Waals surface area contributed by atoms with Crippen LogP contribution in [0.15, 0.2) is 11.8 Å². The fourth-order valence-electron chi connectivity index (χ4n) is 1.26. The van der Waals surface area contributed by atoms with Crippen LogP contribution >= 0.6 is 11.3 Å². The molecule has 0 saturated heterocycles. The fourth-order valence-corrected chi connectivity index (χ4v) is 1.99. The van der Waals surface area contributed by atoms with Gasteiger partial charge in [-0.25, -0.2) is 9.97 Å². The van der Waals surface area contributed by atoms with Gasteiger partial charge >= 0.3 is 0 Å². The Morgan fingerprint density at radius 3 is 3.00 bits per heavy atom. The Morgan fingerprint density at radius 2 is 2.40 bits per heavy atom. The molecule has 0 aliphatic rings. The van der Waals surface area contributed by atoms with Crippen molar-refractivity contribution in [3.8, 4) is 0 Å². The highest BCUT2D eigenvalue weighted by Gasteiger charge is 2.08. The number of aromatic nitrogens is 4. The number of hydrogen-bond acceptors (Lipinski definition) is 5. The molecule has 0 radical (unpaired) electrons. The number of thiazole rings is 1. The third kappa shape index (κ3) is 2.40. The Bertz CT molecular complexity index is 408.